The lowest BCUT2D eigenvalue weighted by Crippen LogP contribution is -1.94. The van der Waals surface area contributed by atoms with Gasteiger partial charge in [-0.3, -0.25) is 0 Å². The molecule has 0 fully saturated rings. The summed E-state index contributed by atoms with van der Waals surface area (Å²) in [6, 6.07) is 4.90. The van der Waals surface area contributed by atoms with Crippen molar-refractivity contribution in [3.8, 4) is 0 Å². The number of halogens is 3. The number of rotatable bonds is 1. The second-order valence-electron chi connectivity index (χ2n) is 2.84. The molecule has 2 aromatic rings. The summed E-state index contributed by atoms with van der Waals surface area (Å²) in [5.74, 6) is 0. The van der Waals surface area contributed by atoms with Crippen LogP contribution in [0.15, 0.2) is 22.0 Å². The van der Waals surface area contributed by atoms with Crippen LogP contribution in [-0.4, -0.2) is 0 Å². The number of alkyl halides is 2. The predicted molar refractivity (Wildman–Crippen MR) is 58.9 cm³/mol. The van der Waals surface area contributed by atoms with E-state index in [0.717, 1.165) is 13.9 Å². The van der Waals surface area contributed by atoms with Crippen LogP contribution in [-0.2, 0) is 0 Å². The first-order valence-corrected chi connectivity index (χ1v) is 5.46. The molecule has 0 aliphatic heterocycles. The van der Waals surface area contributed by atoms with Crippen molar-refractivity contribution < 1.29 is 8.78 Å². The highest BCUT2D eigenvalue weighted by molar-refractivity contribution is 9.11. The zero-order chi connectivity index (χ0) is 10.3. The van der Waals surface area contributed by atoms with Gasteiger partial charge in [0.25, 0.3) is 6.43 Å². The summed E-state index contributed by atoms with van der Waals surface area (Å²) in [5, 5.41) is 0.892. The topological polar surface area (TPSA) is 26.0 Å². The van der Waals surface area contributed by atoms with Gasteiger partial charge in [-0.1, -0.05) is 12.1 Å². The Labute approximate surface area is 91.7 Å². The van der Waals surface area contributed by atoms with Crippen LogP contribution < -0.4 is 5.73 Å². The van der Waals surface area contributed by atoms with E-state index in [-0.39, 0.29) is 11.3 Å². The zero-order valence-corrected chi connectivity index (χ0v) is 9.33. The highest BCUT2D eigenvalue weighted by atomic mass is 79.9. The molecule has 2 rings (SSSR count). The van der Waals surface area contributed by atoms with E-state index in [1.807, 2.05) is 6.07 Å². The number of nitrogens with two attached hydrogens (primary N) is 1. The van der Waals surface area contributed by atoms with Gasteiger partial charge in [-0.05, 0) is 27.4 Å². The molecule has 0 unspecified atom stereocenters. The Bertz CT molecular complexity index is 481. The van der Waals surface area contributed by atoms with Crippen LogP contribution in [0, 0.1) is 0 Å². The average molecular weight is 278 g/mol. The molecule has 1 aromatic carbocycles. The van der Waals surface area contributed by atoms with Crippen LogP contribution >= 0.6 is 27.3 Å². The van der Waals surface area contributed by atoms with Crippen molar-refractivity contribution in [1.29, 1.82) is 0 Å². The molecule has 0 radical (unpaired) electrons. The summed E-state index contributed by atoms with van der Waals surface area (Å²) in [7, 11) is 0. The third-order valence-electron chi connectivity index (χ3n) is 1.96. The van der Waals surface area contributed by atoms with Crippen LogP contribution in [0.2, 0.25) is 0 Å². The summed E-state index contributed by atoms with van der Waals surface area (Å²) in [5.41, 5.74) is 5.74. The van der Waals surface area contributed by atoms with Crippen molar-refractivity contribution in [3.05, 3.63) is 27.5 Å². The van der Waals surface area contributed by atoms with Gasteiger partial charge in [-0.2, -0.15) is 0 Å². The minimum Gasteiger partial charge on any atom is -0.397 e. The first-order chi connectivity index (χ1) is 6.59. The van der Waals surface area contributed by atoms with Gasteiger partial charge in [0.1, 0.15) is 0 Å². The molecule has 14 heavy (non-hydrogen) atoms. The second-order valence-corrected chi connectivity index (χ2v) is 5.27. The Kier molecular flexibility index (Phi) is 2.45. The number of nitrogen functional groups attached to an aromatic ring is 1. The van der Waals surface area contributed by atoms with Crippen molar-refractivity contribution in [2.24, 2.45) is 0 Å². The lowest BCUT2D eigenvalue weighted by Gasteiger charge is -2.04. The normalized spacial score (nSPS) is 11.4. The van der Waals surface area contributed by atoms with Crippen molar-refractivity contribution in [1.82, 2.24) is 0 Å². The molecule has 1 nitrogen and oxygen atoms in total. The van der Waals surface area contributed by atoms with Crippen LogP contribution in [0.3, 0.4) is 0 Å². The molecule has 0 atom stereocenters. The number of hydrogen-bond donors (Lipinski definition) is 1. The van der Waals surface area contributed by atoms with Gasteiger partial charge in [-0.15, -0.1) is 11.3 Å². The van der Waals surface area contributed by atoms with Crippen LogP contribution in [0.25, 0.3) is 10.1 Å². The maximum atomic E-state index is 12.5. The Morgan fingerprint density at radius 1 is 1.36 bits per heavy atom. The molecule has 5 heteroatoms. The van der Waals surface area contributed by atoms with Gasteiger partial charge in [0.15, 0.2) is 0 Å². The van der Waals surface area contributed by atoms with E-state index in [4.69, 9.17) is 5.73 Å². The van der Waals surface area contributed by atoms with Crippen LogP contribution in [0.5, 0.6) is 0 Å². The first-order valence-electron chi connectivity index (χ1n) is 3.85. The zero-order valence-electron chi connectivity index (χ0n) is 6.93. The van der Waals surface area contributed by atoms with Gasteiger partial charge in [-0.25, -0.2) is 8.78 Å². The second kappa shape index (κ2) is 3.47. The van der Waals surface area contributed by atoms with E-state index in [0.29, 0.717) is 0 Å². The summed E-state index contributed by atoms with van der Waals surface area (Å²) in [6.07, 6.45) is -2.51. The average Bonchev–Trinajstić information content (AvgIpc) is 2.46. The van der Waals surface area contributed by atoms with E-state index in [1.54, 1.807) is 6.07 Å². The minimum atomic E-state index is -2.51. The van der Waals surface area contributed by atoms with E-state index in [1.165, 1.54) is 17.4 Å². The molecule has 0 spiro atoms. The third-order valence-corrected chi connectivity index (χ3v) is 3.65. The van der Waals surface area contributed by atoms with Crippen LogP contribution in [0.1, 0.15) is 12.0 Å². The molecule has 0 aliphatic rings. The first kappa shape index (κ1) is 9.86. The fourth-order valence-corrected chi connectivity index (χ4v) is 2.88. The predicted octanol–water partition coefficient (Wildman–Crippen LogP) is 4.18. The Morgan fingerprint density at radius 2 is 2.07 bits per heavy atom. The molecule has 0 saturated heterocycles. The van der Waals surface area contributed by atoms with Crippen molar-refractivity contribution in [2.75, 3.05) is 5.73 Å². The maximum Gasteiger partial charge on any atom is 0.265 e. The Morgan fingerprint density at radius 3 is 2.71 bits per heavy atom. The molecule has 0 amide bonds. The lowest BCUT2D eigenvalue weighted by atomic mass is 10.1. The molecular formula is C9H6BrF2NS. The smallest absolute Gasteiger partial charge is 0.265 e. The van der Waals surface area contributed by atoms with E-state index >= 15 is 0 Å². The monoisotopic (exact) mass is 277 g/mol. The highest BCUT2D eigenvalue weighted by Gasteiger charge is 2.14. The maximum absolute atomic E-state index is 12.5. The number of benzene rings is 1. The number of fused-ring (bicyclic) bond motifs is 1. The van der Waals surface area contributed by atoms with Gasteiger partial charge in [0.2, 0.25) is 0 Å². The molecule has 74 valence electrons. The van der Waals surface area contributed by atoms with Gasteiger partial charge in [0.05, 0.1) is 14.2 Å². The number of anilines is 1. The summed E-state index contributed by atoms with van der Waals surface area (Å²) in [6.45, 7) is 0. The van der Waals surface area contributed by atoms with Crippen molar-refractivity contribution in [2.45, 2.75) is 6.43 Å². The Hall–Kier alpha value is -0.680. The van der Waals surface area contributed by atoms with E-state index in [2.05, 4.69) is 15.9 Å². The highest BCUT2D eigenvalue weighted by Crippen LogP contribution is 2.38. The molecule has 1 heterocycles. The van der Waals surface area contributed by atoms with E-state index < -0.39 is 6.43 Å². The lowest BCUT2D eigenvalue weighted by molar-refractivity contribution is 0.152. The summed E-state index contributed by atoms with van der Waals surface area (Å²) >= 11 is 4.66. The van der Waals surface area contributed by atoms with Gasteiger partial charge in [0, 0.05) is 5.56 Å². The molecule has 2 N–H and O–H groups in total. The quantitative estimate of drug-likeness (QED) is 0.778. The minimum absolute atomic E-state index is 0.0909. The molecule has 0 aliphatic carbocycles. The fraction of sp³-hybridized carbons (Fsp3) is 0.111. The summed E-state index contributed by atoms with van der Waals surface area (Å²) in [4.78, 5) is 0. The van der Waals surface area contributed by atoms with Crippen molar-refractivity contribution in [3.63, 3.8) is 0 Å². The molecule has 1 aromatic heterocycles. The standard InChI is InChI=1S/C9H6BrF2NS/c10-6-3-4-1-2-5(9(11)12)7(13)8(4)14-6/h1-3,9H,13H2. The van der Waals surface area contributed by atoms with Gasteiger partial charge >= 0.3 is 0 Å². The third kappa shape index (κ3) is 1.50. The molecule has 0 bridgehead atoms. The summed E-state index contributed by atoms with van der Waals surface area (Å²) < 4.78 is 26.6. The Balaban J connectivity index is 2.74. The number of hydrogen-bond acceptors (Lipinski definition) is 2. The largest absolute Gasteiger partial charge is 0.397 e. The van der Waals surface area contributed by atoms with Crippen LogP contribution in [0.4, 0.5) is 14.5 Å². The number of thiophene rings is 1. The molecular weight excluding hydrogens is 272 g/mol. The van der Waals surface area contributed by atoms with E-state index in [9.17, 15) is 8.78 Å². The SMILES string of the molecule is Nc1c(C(F)F)ccc2cc(Br)sc12. The van der Waals surface area contributed by atoms with Crippen molar-refractivity contribution >= 4 is 43.0 Å². The fourth-order valence-electron chi connectivity index (χ4n) is 1.30. The molecule has 0 saturated carbocycles. The van der Waals surface area contributed by atoms with Gasteiger partial charge < -0.3 is 5.73 Å².